The first-order valence-electron chi connectivity index (χ1n) is 5.48. The minimum Gasteiger partial charge on any atom is -0.497 e. The van der Waals surface area contributed by atoms with E-state index in [1.165, 1.54) is 0 Å². The highest BCUT2D eigenvalue weighted by Crippen LogP contribution is 2.32. The smallest absolute Gasteiger partial charge is 0.126 e. The van der Waals surface area contributed by atoms with Crippen molar-refractivity contribution in [1.29, 1.82) is 0 Å². The molecule has 0 radical (unpaired) electrons. The zero-order chi connectivity index (χ0) is 12.1. The molecule has 0 spiro atoms. The Bertz CT molecular complexity index is 334. The number of aliphatic hydroxyl groups is 1. The van der Waals surface area contributed by atoms with Crippen molar-refractivity contribution in [3.05, 3.63) is 23.8 Å². The molecule has 0 bridgehead atoms. The molecule has 0 saturated heterocycles. The van der Waals surface area contributed by atoms with E-state index in [0.717, 1.165) is 23.5 Å². The Morgan fingerprint density at radius 2 is 1.88 bits per heavy atom. The van der Waals surface area contributed by atoms with Crippen molar-refractivity contribution < 1.29 is 14.6 Å². The Morgan fingerprint density at radius 3 is 2.38 bits per heavy atom. The van der Waals surface area contributed by atoms with Crippen molar-refractivity contribution in [2.45, 2.75) is 32.3 Å². The molecule has 90 valence electrons. The molecule has 0 heterocycles. The molecule has 0 amide bonds. The lowest BCUT2D eigenvalue weighted by atomic mass is 9.94. The van der Waals surface area contributed by atoms with Crippen molar-refractivity contribution in [3.63, 3.8) is 0 Å². The molecule has 16 heavy (non-hydrogen) atoms. The monoisotopic (exact) mass is 224 g/mol. The lowest BCUT2D eigenvalue weighted by Crippen LogP contribution is -2.07. The molecule has 2 atom stereocenters. The molecule has 0 aromatic heterocycles. The van der Waals surface area contributed by atoms with Crippen molar-refractivity contribution in [2.24, 2.45) is 0 Å². The largest absolute Gasteiger partial charge is 0.497 e. The summed E-state index contributed by atoms with van der Waals surface area (Å²) >= 11 is 0. The summed E-state index contributed by atoms with van der Waals surface area (Å²) in [4.78, 5) is 0. The Hall–Kier alpha value is -1.22. The standard InChI is InChI=1S/C13H20O3/c1-9(7-10(2)14)12-6-5-11(15-3)8-13(12)16-4/h5-6,8-10,14H,7H2,1-4H3. The maximum atomic E-state index is 9.38. The maximum absolute atomic E-state index is 9.38. The molecule has 0 aliphatic heterocycles. The quantitative estimate of drug-likeness (QED) is 0.835. The van der Waals surface area contributed by atoms with E-state index >= 15 is 0 Å². The topological polar surface area (TPSA) is 38.7 Å². The molecule has 2 unspecified atom stereocenters. The molecule has 3 heteroatoms. The van der Waals surface area contributed by atoms with Gasteiger partial charge in [0, 0.05) is 6.07 Å². The van der Waals surface area contributed by atoms with Gasteiger partial charge in [-0.15, -0.1) is 0 Å². The third-order valence-electron chi connectivity index (χ3n) is 2.67. The van der Waals surface area contributed by atoms with Crippen LogP contribution in [0, 0.1) is 0 Å². The summed E-state index contributed by atoms with van der Waals surface area (Å²) in [5.41, 5.74) is 1.10. The van der Waals surface area contributed by atoms with E-state index in [0.29, 0.717) is 0 Å². The van der Waals surface area contributed by atoms with Crippen molar-refractivity contribution in [3.8, 4) is 11.5 Å². The Morgan fingerprint density at radius 1 is 1.19 bits per heavy atom. The fraction of sp³-hybridized carbons (Fsp3) is 0.538. The van der Waals surface area contributed by atoms with Crippen molar-refractivity contribution in [2.75, 3.05) is 14.2 Å². The molecule has 1 aromatic rings. The molecular weight excluding hydrogens is 204 g/mol. The van der Waals surface area contributed by atoms with Gasteiger partial charge in [0.15, 0.2) is 0 Å². The van der Waals surface area contributed by atoms with Crippen molar-refractivity contribution >= 4 is 0 Å². The highest BCUT2D eigenvalue weighted by atomic mass is 16.5. The average molecular weight is 224 g/mol. The lowest BCUT2D eigenvalue weighted by molar-refractivity contribution is 0.176. The summed E-state index contributed by atoms with van der Waals surface area (Å²) in [5.74, 6) is 1.86. The molecular formula is C13H20O3. The van der Waals surface area contributed by atoms with Gasteiger partial charge < -0.3 is 14.6 Å². The molecule has 0 aliphatic rings. The number of hydrogen-bond acceptors (Lipinski definition) is 3. The van der Waals surface area contributed by atoms with Gasteiger partial charge in [0.05, 0.1) is 20.3 Å². The summed E-state index contributed by atoms with van der Waals surface area (Å²) in [6, 6.07) is 5.77. The second kappa shape index (κ2) is 5.75. The van der Waals surface area contributed by atoms with E-state index < -0.39 is 0 Å². The highest BCUT2D eigenvalue weighted by Gasteiger charge is 2.14. The van der Waals surface area contributed by atoms with Crippen LogP contribution in [0.15, 0.2) is 18.2 Å². The van der Waals surface area contributed by atoms with Gasteiger partial charge in [-0.05, 0) is 30.9 Å². The molecule has 1 aromatic carbocycles. The number of rotatable bonds is 5. The summed E-state index contributed by atoms with van der Waals surface area (Å²) in [6.07, 6.45) is 0.421. The Balaban J connectivity index is 2.94. The number of ether oxygens (including phenoxy) is 2. The van der Waals surface area contributed by atoms with Crippen LogP contribution in [0.25, 0.3) is 0 Å². The Labute approximate surface area is 97.0 Å². The van der Waals surface area contributed by atoms with Crippen LogP contribution in [0.3, 0.4) is 0 Å². The third kappa shape index (κ3) is 3.14. The van der Waals surface area contributed by atoms with Crippen LogP contribution >= 0.6 is 0 Å². The van der Waals surface area contributed by atoms with Gasteiger partial charge in [0.25, 0.3) is 0 Å². The number of aliphatic hydroxyl groups excluding tert-OH is 1. The lowest BCUT2D eigenvalue weighted by Gasteiger charge is -2.17. The van der Waals surface area contributed by atoms with Gasteiger partial charge in [-0.1, -0.05) is 13.0 Å². The first kappa shape index (κ1) is 12.8. The van der Waals surface area contributed by atoms with Gasteiger partial charge in [-0.25, -0.2) is 0 Å². The number of methoxy groups -OCH3 is 2. The number of hydrogen-bond donors (Lipinski definition) is 1. The molecule has 1 rings (SSSR count). The van der Waals surface area contributed by atoms with Crippen molar-refractivity contribution in [1.82, 2.24) is 0 Å². The van der Waals surface area contributed by atoms with Gasteiger partial charge in [-0.2, -0.15) is 0 Å². The fourth-order valence-corrected chi connectivity index (χ4v) is 1.86. The highest BCUT2D eigenvalue weighted by molar-refractivity contribution is 5.42. The minimum absolute atomic E-state index is 0.265. The van der Waals surface area contributed by atoms with E-state index in [4.69, 9.17) is 9.47 Å². The van der Waals surface area contributed by atoms with Crippen LogP contribution in [0.2, 0.25) is 0 Å². The van der Waals surface area contributed by atoms with E-state index in [1.807, 2.05) is 18.2 Å². The zero-order valence-corrected chi connectivity index (χ0v) is 10.4. The molecule has 0 saturated carbocycles. The summed E-state index contributed by atoms with van der Waals surface area (Å²) in [7, 11) is 3.28. The summed E-state index contributed by atoms with van der Waals surface area (Å²) < 4.78 is 10.5. The first-order valence-corrected chi connectivity index (χ1v) is 5.48. The summed E-state index contributed by atoms with van der Waals surface area (Å²) in [6.45, 7) is 3.88. The van der Waals surface area contributed by atoms with Crippen LogP contribution in [-0.2, 0) is 0 Å². The second-order valence-corrected chi connectivity index (χ2v) is 4.09. The van der Waals surface area contributed by atoms with Crippen LogP contribution in [0.5, 0.6) is 11.5 Å². The SMILES string of the molecule is COc1ccc(C(C)CC(C)O)c(OC)c1. The van der Waals surface area contributed by atoms with Crippen LogP contribution in [0.4, 0.5) is 0 Å². The second-order valence-electron chi connectivity index (χ2n) is 4.09. The van der Waals surface area contributed by atoms with E-state index in [1.54, 1.807) is 21.1 Å². The van der Waals surface area contributed by atoms with Crippen LogP contribution < -0.4 is 9.47 Å². The van der Waals surface area contributed by atoms with Crippen LogP contribution in [0.1, 0.15) is 31.7 Å². The average Bonchev–Trinajstić information content (AvgIpc) is 2.27. The van der Waals surface area contributed by atoms with E-state index in [-0.39, 0.29) is 12.0 Å². The molecule has 3 nitrogen and oxygen atoms in total. The molecule has 1 N–H and O–H groups in total. The first-order chi connectivity index (χ1) is 7.58. The predicted octanol–water partition coefficient (Wildman–Crippen LogP) is 2.58. The summed E-state index contributed by atoms with van der Waals surface area (Å²) in [5, 5.41) is 9.38. The van der Waals surface area contributed by atoms with Crippen LogP contribution in [-0.4, -0.2) is 25.4 Å². The normalized spacial score (nSPS) is 14.3. The Kier molecular flexibility index (Phi) is 4.62. The van der Waals surface area contributed by atoms with Gasteiger partial charge >= 0.3 is 0 Å². The van der Waals surface area contributed by atoms with E-state index in [9.17, 15) is 5.11 Å². The molecule has 0 aliphatic carbocycles. The van der Waals surface area contributed by atoms with Gasteiger partial charge in [-0.3, -0.25) is 0 Å². The predicted molar refractivity (Wildman–Crippen MR) is 64.3 cm³/mol. The maximum Gasteiger partial charge on any atom is 0.126 e. The van der Waals surface area contributed by atoms with Gasteiger partial charge in [0.1, 0.15) is 11.5 Å². The number of benzene rings is 1. The third-order valence-corrected chi connectivity index (χ3v) is 2.67. The van der Waals surface area contributed by atoms with E-state index in [2.05, 4.69) is 6.92 Å². The minimum atomic E-state index is -0.304. The molecule has 0 fully saturated rings. The van der Waals surface area contributed by atoms with Gasteiger partial charge in [0.2, 0.25) is 0 Å². The zero-order valence-electron chi connectivity index (χ0n) is 10.4. The fourth-order valence-electron chi connectivity index (χ4n) is 1.86.